The molecule has 2 rings (SSSR count). The Hall–Kier alpha value is -1.75. The summed E-state index contributed by atoms with van der Waals surface area (Å²) >= 11 is 0. The lowest BCUT2D eigenvalue weighted by atomic mass is 10.1. The van der Waals surface area contributed by atoms with Gasteiger partial charge >= 0.3 is 6.09 Å². The minimum atomic E-state index is -0.440. The molecule has 0 atom stereocenters. The van der Waals surface area contributed by atoms with Crippen molar-refractivity contribution in [3.63, 3.8) is 0 Å². The molecular weight excluding hydrogens is 280 g/mol. The Balaban J connectivity index is 1.79. The molecule has 1 amide bonds. The summed E-state index contributed by atoms with van der Waals surface area (Å²) < 4.78 is 10.7. The van der Waals surface area contributed by atoms with Crippen LogP contribution < -0.4 is 10.1 Å². The van der Waals surface area contributed by atoms with Crippen LogP contribution in [-0.2, 0) is 11.3 Å². The lowest BCUT2D eigenvalue weighted by molar-refractivity contribution is 0.00517. The van der Waals surface area contributed by atoms with Crippen molar-refractivity contribution in [1.82, 2.24) is 10.2 Å². The van der Waals surface area contributed by atoms with Crippen molar-refractivity contribution in [2.45, 2.75) is 45.9 Å². The van der Waals surface area contributed by atoms with Gasteiger partial charge in [-0.3, -0.25) is 0 Å². The molecule has 5 nitrogen and oxygen atoms in total. The molecule has 1 fully saturated rings. The van der Waals surface area contributed by atoms with Gasteiger partial charge in [0, 0.05) is 31.2 Å². The van der Waals surface area contributed by atoms with Gasteiger partial charge in [-0.15, -0.1) is 0 Å². The van der Waals surface area contributed by atoms with Crippen LogP contribution in [0.5, 0.6) is 5.75 Å². The van der Waals surface area contributed by atoms with E-state index in [0.717, 1.165) is 17.9 Å². The average Bonchev–Trinajstić information content (AvgIpc) is 2.34. The number of likely N-dealkylation sites (tertiary alicyclic amines) is 1. The van der Waals surface area contributed by atoms with E-state index < -0.39 is 5.60 Å². The van der Waals surface area contributed by atoms with Gasteiger partial charge in [0.1, 0.15) is 11.4 Å². The first-order valence-electron chi connectivity index (χ1n) is 7.63. The normalized spacial score (nSPS) is 15.4. The monoisotopic (exact) mass is 306 g/mol. The summed E-state index contributed by atoms with van der Waals surface area (Å²) in [7, 11) is 1.68. The summed E-state index contributed by atoms with van der Waals surface area (Å²) in [4.78, 5) is 13.6. The zero-order valence-electron chi connectivity index (χ0n) is 14.1. The van der Waals surface area contributed by atoms with E-state index in [1.165, 1.54) is 5.56 Å². The zero-order valence-corrected chi connectivity index (χ0v) is 14.1. The van der Waals surface area contributed by atoms with Crippen LogP contribution in [0.4, 0.5) is 4.79 Å². The first-order valence-corrected chi connectivity index (χ1v) is 7.63. The second-order valence-electron chi connectivity index (χ2n) is 6.78. The van der Waals surface area contributed by atoms with Crippen molar-refractivity contribution >= 4 is 6.09 Å². The van der Waals surface area contributed by atoms with E-state index in [1.54, 1.807) is 12.0 Å². The van der Waals surface area contributed by atoms with Gasteiger partial charge in [-0.2, -0.15) is 0 Å². The molecule has 1 aromatic rings. The van der Waals surface area contributed by atoms with E-state index in [0.29, 0.717) is 19.1 Å². The highest BCUT2D eigenvalue weighted by atomic mass is 16.6. The van der Waals surface area contributed by atoms with Crippen molar-refractivity contribution in [2.75, 3.05) is 20.2 Å². The molecule has 1 heterocycles. The average molecular weight is 306 g/mol. The van der Waals surface area contributed by atoms with Gasteiger partial charge in [-0.05, 0) is 33.8 Å². The fourth-order valence-electron chi connectivity index (χ4n) is 2.38. The molecule has 22 heavy (non-hydrogen) atoms. The van der Waals surface area contributed by atoms with Crippen molar-refractivity contribution < 1.29 is 14.3 Å². The molecule has 0 bridgehead atoms. The molecule has 0 aliphatic carbocycles. The lowest BCUT2D eigenvalue weighted by Crippen LogP contribution is -2.60. The van der Waals surface area contributed by atoms with Crippen LogP contribution in [-0.4, -0.2) is 42.8 Å². The maximum atomic E-state index is 11.9. The fraction of sp³-hybridized carbons (Fsp3) is 0.588. The van der Waals surface area contributed by atoms with Gasteiger partial charge < -0.3 is 19.7 Å². The molecule has 1 aliphatic heterocycles. The molecule has 122 valence electrons. The van der Waals surface area contributed by atoms with Gasteiger partial charge in [0.05, 0.1) is 7.11 Å². The molecule has 1 aliphatic rings. The number of rotatable bonds is 4. The highest BCUT2D eigenvalue weighted by Crippen LogP contribution is 2.20. The lowest BCUT2D eigenvalue weighted by Gasteiger charge is -2.40. The highest BCUT2D eigenvalue weighted by molar-refractivity contribution is 5.69. The number of aryl methyl sites for hydroxylation is 1. The van der Waals surface area contributed by atoms with E-state index in [2.05, 4.69) is 18.3 Å². The molecule has 1 N–H and O–H groups in total. The summed E-state index contributed by atoms with van der Waals surface area (Å²) in [6.45, 7) is 9.81. The summed E-state index contributed by atoms with van der Waals surface area (Å²) in [6, 6.07) is 6.45. The highest BCUT2D eigenvalue weighted by Gasteiger charge is 2.33. The quantitative estimate of drug-likeness (QED) is 0.929. The van der Waals surface area contributed by atoms with E-state index >= 15 is 0 Å². The standard InChI is InChI=1S/C17H26N2O3/c1-12-6-7-15(21-5)13(8-12)9-18-14-10-19(11-14)16(20)22-17(2,3)4/h6-8,14,18H,9-11H2,1-5H3. The molecule has 0 spiro atoms. The molecular formula is C17H26N2O3. The molecule has 1 aromatic carbocycles. The van der Waals surface area contributed by atoms with Crippen LogP contribution in [0.15, 0.2) is 18.2 Å². The number of benzene rings is 1. The van der Waals surface area contributed by atoms with E-state index in [-0.39, 0.29) is 6.09 Å². The van der Waals surface area contributed by atoms with Crippen LogP contribution in [0.1, 0.15) is 31.9 Å². The predicted molar refractivity (Wildman–Crippen MR) is 86.2 cm³/mol. The van der Waals surface area contributed by atoms with Gasteiger partial charge in [-0.1, -0.05) is 17.7 Å². The van der Waals surface area contributed by atoms with Crippen LogP contribution >= 0.6 is 0 Å². The van der Waals surface area contributed by atoms with Crippen molar-refractivity contribution in [3.8, 4) is 5.75 Å². The van der Waals surface area contributed by atoms with Crippen LogP contribution in [0.25, 0.3) is 0 Å². The number of carbonyl (C=O) groups is 1. The van der Waals surface area contributed by atoms with E-state index in [9.17, 15) is 4.79 Å². The van der Waals surface area contributed by atoms with Crippen LogP contribution in [0.2, 0.25) is 0 Å². The van der Waals surface area contributed by atoms with Crippen molar-refractivity contribution in [2.24, 2.45) is 0 Å². The number of hydrogen-bond acceptors (Lipinski definition) is 4. The second kappa shape index (κ2) is 6.57. The largest absolute Gasteiger partial charge is 0.496 e. The fourth-order valence-corrected chi connectivity index (χ4v) is 2.38. The van der Waals surface area contributed by atoms with E-state index in [4.69, 9.17) is 9.47 Å². The van der Waals surface area contributed by atoms with Gasteiger partial charge in [-0.25, -0.2) is 4.79 Å². The first-order chi connectivity index (χ1) is 10.3. The van der Waals surface area contributed by atoms with Crippen molar-refractivity contribution in [3.05, 3.63) is 29.3 Å². The topological polar surface area (TPSA) is 50.8 Å². The Morgan fingerprint density at radius 2 is 2.05 bits per heavy atom. The number of nitrogens with zero attached hydrogens (tertiary/aromatic N) is 1. The summed E-state index contributed by atoms with van der Waals surface area (Å²) in [5.41, 5.74) is 1.91. The third-order valence-corrected chi connectivity index (χ3v) is 3.55. The minimum Gasteiger partial charge on any atom is -0.496 e. The number of ether oxygens (including phenoxy) is 2. The molecule has 1 saturated heterocycles. The Morgan fingerprint density at radius 3 is 2.64 bits per heavy atom. The number of nitrogens with one attached hydrogen (secondary N) is 1. The number of amides is 1. The first kappa shape index (κ1) is 16.6. The predicted octanol–water partition coefficient (Wildman–Crippen LogP) is 2.71. The zero-order chi connectivity index (χ0) is 16.3. The third-order valence-electron chi connectivity index (χ3n) is 3.55. The Morgan fingerprint density at radius 1 is 1.36 bits per heavy atom. The molecule has 0 radical (unpaired) electrons. The maximum absolute atomic E-state index is 11.9. The smallest absolute Gasteiger partial charge is 0.410 e. The molecule has 0 aromatic heterocycles. The molecule has 0 saturated carbocycles. The van der Waals surface area contributed by atoms with Gasteiger partial charge in [0.15, 0.2) is 0 Å². The number of hydrogen-bond donors (Lipinski definition) is 1. The summed E-state index contributed by atoms with van der Waals surface area (Å²) in [6.07, 6.45) is -0.237. The Kier molecular flexibility index (Phi) is 4.96. The maximum Gasteiger partial charge on any atom is 0.410 e. The van der Waals surface area contributed by atoms with Crippen LogP contribution in [0.3, 0.4) is 0 Å². The Bertz CT molecular complexity index is 531. The second-order valence-corrected chi connectivity index (χ2v) is 6.78. The van der Waals surface area contributed by atoms with Crippen molar-refractivity contribution in [1.29, 1.82) is 0 Å². The van der Waals surface area contributed by atoms with Gasteiger partial charge in [0.2, 0.25) is 0 Å². The van der Waals surface area contributed by atoms with Crippen LogP contribution in [0, 0.1) is 6.92 Å². The van der Waals surface area contributed by atoms with E-state index in [1.807, 2.05) is 32.9 Å². The minimum absolute atomic E-state index is 0.237. The van der Waals surface area contributed by atoms with Gasteiger partial charge in [0.25, 0.3) is 0 Å². The number of methoxy groups -OCH3 is 1. The number of carbonyl (C=O) groups excluding carboxylic acids is 1. The third kappa shape index (κ3) is 4.37. The molecule has 5 heteroatoms. The molecule has 0 unspecified atom stereocenters. The summed E-state index contributed by atoms with van der Waals surface area (Å²) in [5.74, 6) is 0.890. The Labute approximate surface area is 132 Å². The summed E-state index contributed by atoms with van der Waals surface area (Å²) in [5, 5.41) is 3.46. The SMILES string of the molecule is COc1ccc(C)cc1CNC1CN(C(=O)OC(C)(C)C)C1.